The first-order valence-corrected chi connectivity index (χ1v) is 9.98. The van der Waals surface area contributed by atoms with Crippen molar-refractivity contribution in [1.29, 1.82) is 0 Å². The number of fused-ring (bicyclic) bond motifs is 2. The van der Waals surface area contributed by atoms with E-state index in [1.54, 1.807) is 12.1 Å². The van der Waals surface area contributed by atoms with Crippen LogP contribution in [0.5, 0.6) is 0 Å². The minimum absolute atomic E-state index is 0.116. The molecule has 26 heavy (non-hydrogen) atoms. The van der Waals surface area contributed by atoms with Gasteiger partial charge in [0.15, 0.2) is 0 Å². The molecule has 0 spiro atoms. The molecule has 136 valence electrons. The van der Waals surface area contributed by atoms with Crippen LogP contribution in [0, 0.1) is 6.92 Å². The van der Waals surface area contributed by atoms with Gasteiger partial charge >= 0.3 is 5.97 Å². The Bertz CT molecular complexity index is 1000. The average molecular weight is 372 g/mol. The molecular formula is C19H20N2O4S. The zero-order valence-corrected chi connectivity index (χ0v) is 15.3. The van der Waals surface area contributed by atoms with Crippen LogP contribution >= 0.6 is 0 Å². The molecule has 0 aliphatic carbocycles. The van der Waals surface area contributed by atoms with E-state index in [2.05, 4.69) is 4.72 Å². The van der Waals surface area contributed by atoms with Crippen LogP contribution in [-0.2, 0) is 14.8 Å². The molecule has 6 nitrogen and oxygen atoms in total. The largest absolute Gasteiger partial charge is 0.480 e. The third kappa shape index (κ3) is 2.50. The number of rotatable bonds is 3. The summed E-state index contributed by atoms with van der Waals surface area (Å²) in [7, 11) is -3.55. The Hall–Kier alpha value is -2.38. The van der Waals surface area contributed by atoms with Gasteiger partial charge in [-0.2, -0.15) is 0 Å². The fraction of sp³-hybridized carbons (Fsp3) is 0.316. The molecule has 2 aromatic carbocycles. The maximum absolute atomic E-state index is 12.5. The summed E-state index contributed by atoms with van der Waals surface area (Å²) in [6.07, 6.45) is 0. The van der Waals surface area contributed by atoms with Gasteiger partial charge in [-0.05, 0) is 37.1 Å². The first-order valence-electron chi connectivity index (χ1n) is 8.50. The highest BCUT2D eigenvalue weighted by Gasteiger charge is 2.46. The van der Waals surface area contributed by atoms with E-state index >= 15 is 0 Å². The van der Waals surface area contributed by atoms with Gasteiger partial charge in [0, 0.05) is 17.6 Å². The van der Waals surface area contributed by atoms with Crippen LogP contribution in [0.15, 0.2) is 47.4 Å². The molecule has 0 saturated carbocycles. The van der Waals surface area contributed by atoms with E-state index in [1.807, 2.05) is 49.1 Å². The van der Waals surface area contributed by atoms with Gasteiger partial charge in [-0.1, -0.05) is 35.9 Å². The number of aryl methyl sites for hydroxylation is 1. The minimum atomic E-state index is -3.55. The summed E-state index contributed by atoms with van der Waals surface area (Å²) < 4.78 is 27.9. The lowest BCUT2D eigenvalue weighted by Gasteiger charge is -2.29. The Balaban J connectivity index is 1.85. The number of hydrogen-bond donors (Lipinski definition) is 2. The van der Waals surface area contributed by atoms with E-state index in [-0.39, 0.29) is 18.5 Å². The topological polar surface area (TPSA) is 86.7 Å². The van der Waals surface area contributed by atoms with E-state index < -0.39 is 22.0 Å². The molecule has 2 aromatic rings. The molecule has 3 atom stereocenters. The van der Waals surface area contributed by atoms with Crippen molar-refractivity contribution in [2.24, 2.45) is 0 Å². The van der Waals surface area contributed by atoms with E-state index in [0.29, 0.717) is 4.90 Å². The second kappa shape index (κ2) is 5.82. The van der Waals surface area contributed by atoms with E-state index in [1.165, 1.54) is 0 Å². The minimum Gasteiger partial charge on any atom is -0.480 e. The Labute approximate surface area is 152 Å². The van der Waals surface area contributed by atoms with Gasteiger partial charge in [0.25, 0.3) is 0 Å². The van der Waals surface area contributed by atoms with Crippen molar-refractivity contribution in [3.63, 3.8) is 0 Å². The number of nitrogens with one attached hydrogen (secondary N) is 1. The molecule has 2 aliphatic heterocycles. The molecule has 0 saturated heterocycles. The first kappa shape index (κ1) is 17.1. The maximum Gasteiger partial charge on any atom is 0.323 e. The van der Waals surface area contributed by atoms with Gasteiger partial charge in [0.05, 0.1) is 10.9 Å². The highest BCUT2D eigenvalue weighted by molar-refractivity contribution is 7.89. The second-order valence-electron chi connectivity index (χ2n) is 6.99. The van der Waals surface area contributed by atoms with Gasteiger partial charge in [-0.3, -0.25) is 4.79 Å². The fourth-order valence-electron chi connectivity index (χ4n) is 4.25. The Morgan fingerprint density at radius 1 is 1.19 bits per heavy atom. The smallest absolute Gasteiger partial charge is 0.323 e. The summed E-state index contributed by atoms with van der Waals surface area (Å²) in [5.41, 5.74) is 3.66. The highest BCUT2D eigenvalue weighted by Crippen LogP contribution is 2.50. The van der Waals surface area contributed by atoms with Crippen molar-refractivity contribution < 1.29 is 18.3 Å². The number of aliphatic carboxylic acids is 1. The highest BCUT2D eigenvalue weighted by atomic mass is 32.2. The SMILES string of the molecule is Cc1ccc2c(c1)C(C1NS(=O)(=O)c3ccccc31)C(C)N2CC(=O)O. The Kier molecular flexibility index (Phi) is 3.82. The Morgan fingerprint density at radius 3 is 2.65 bits per heavy atom. The quantitative estimate of drug-likeness (QED) is 0.864. The number of carboxylic acids is 1. The molecule has 0 aromatic heterocycles. The van der Waals surface area contributed by atoms with Gasteiger partial charge in [-0.15, -0.1) is 0 Å². The van der Waals surface area contributed by atoms with Crippen molar-refractivity contribution in [2.75, 3.05) is 11.4 Å². The summed E-state index contributed by atoms with van der Waals surface area (Å²) in [5.74, 6) is -1.07. The lowest BCUT2D eigenvalue weighted by molar-refractivity contribution is -0.135. The lowest BCUT2D eigenvalue weighted by Crippen LogP contribution is -2.39. The molecule has 0 fully saturated rings. The number of nitrogens with zero attached hydrogens (tertiary/aromatic N) is 1. The van der Waals surface area contributed by atoms with Crippen LogP contribution < -0.4 is 9.62 Å². The van der Waals surface area contributed by atoms with Crippen LogP contribution in [0.25, 0.3) is 0 Å². The van der Waals surface area contributed by atoms with Crippen molar-refractivity contribution in [3.8, 4) is 0 Å². The molecule has 7 heteroatoms. The molecule has 2 aliphatic rings. The molecule has 0 bridgehead atoms. The van der Waals surface area contributed by atoms with Crippen LogP contribution in [0.4, 0.5) is 5.69 Å². The van der Waals surface area contributed by atoms with Crippen molar-refractivity contribution >= 4 is 21.7 Å². The van der Waals surface area contributed by atoms with Crippen LogP contribution in [-0.4, -0.2) is 32.1 Å². The Morgan fingerprint density at radius 2 is 1.92 bits per heavy atom. The molecular weight excluding hydrogens is 352 g/mol. The number of anilines is 1. The monoisotopic (exact) mass is 372 g/mol. The summed E-state index contributed by atoms with van der Waals surface area (Å²) in [6.45, 7) is 3.82. The summed E-state index contributed by atoms with van der Waals surface area (Å²) in [4.78, 5) is 13.5. The first-order chi connectivity index (χ1) is 12.3. The predicted molar refractivity (Wildman–Crippen MR) is 97.9 cm³/mol. The molecule has 4 rings (SSSR count). The lowest BCUT2D eigenvalue weighted by atomic mass is 9.84. The van der Waals surface area contributed by atoms with Crippen LogP contribution in [0.3, 0.4) is 0 Å². The normalized spacial score (nSPS) is 25.8. The van der Waals surface area contributed by atoms with Crippen LogP contribution in [0.2, 0.25) is 0 Å². The molecule has 2 N–H and O–H groups in total. The van der Waals surface area contributed by atoms with Crippen molar-refractivity contribution in [3.05, 3.63) is 59.2 Å². The maximum atomic E-state index is 12.5. The van der Waals surface area contributed by atoms with E-state index in [0.717, 1.165) is 22.4 Å². The van der Waals surface area contributed by atoms with Gasteiger partial charge in [0.2, 0.25) is 10.0 Å². The third-order valence-corrected chi connectivity index (χ3v) is 6.87. The van der Waals surface area contributed by atoms with Gasteiger partial charge in [0.1, 0.15) is 6.54 Å². The van der Waals surface area contributed by atoms with E-state index in [4.69, 9.17) is 0 Å². The summed E-state index contributed by atoms with van der Waals surface area (Å²) in [6, 6.07) is 12.4. The predicted octanol–water partition coefficient (Wildman–Crippen LogP) is 2.40. The number of carboxylic acid groups (broad SMARTS) is 1. The van der Waals surface area contributed by atoms with E-state index in [9.17, 15) is 18.3 Å². The van der Waals surface area contributed by atoms with Crippen molar-refractivity contribution in [2.45, 2.75) is 36.7 Å². The fourth-order valence-corrected chi connectivity index (χ4v) is 5.75. The standard InChI is InChI=1S/C19H20N2O4S/c1-11-7-8-15-14(9-11)18(12(2)21(15)10-17(22)23)19-13-5-3-4-6-16(13)26(24,25)20-19/h3-9,12,18-20H,10H2,1-2H3,(H,22,23). The number of benzene rings is 2. The zero-order chi connectivity index (χ0) is 18.6. The molecule has 0 amide bonds. The number of sulfonamides is 1. The second-order valence-corrected chi connectivity index (χ2v) is 8.67. The third-order valence-electron chi connectivity index (χ3n) is 5.35. The number of hydrogen-bond acceptors (Lipinski definition) is 4. The van der Waals surface area contributed by atoms with Crippen molar-refractivity contribution in [1.82, 2.24) is 4.72 Å². The molecule has 2 heterocycles. The van der Waals surface area contributed by atoms with Gasteiger partial charge < -0.3 is 10.0 Å². The molecule has 0 radical (unpaired) electrons. The molecule has 3 unspecified atom stereocenters. The van der Waals surface area contributed by atoms with Crippen LogP contribution in [0.1, 0.15) is 35.6 Å². The summed E-state index contributed by atoms with van der Waals surface area (Å²) in [5, 5.41) is 9.31. The number of carbonyl (C=O) groups is 1. The van der Waals surface area contributed by atoms with Gasteiger partial charge in [-0.25, -0.2) is 13.1 Å². The summed E-state index contributed by atoms with van der Waals surface area (Å²) >= 11 is 0. The zero-order valence-electron chi connectivity index (χ0n) is 14.5. The average Bonchev–Trinajstić information content (AvgIpc) is 2.99.